The van der Waals surface area contributed by atoms with Gasteiger partial charge in [-0.1, -0.05) is 12.1 Å². The highest BCUT2D eigenvalue weighted by Crippen LogP contribution is 2.06. The second-order valence-electron chi connectivity index (χ2n) is 3.21. The van der Waals surface area contributed by atoms with E-state index < -0.39 is 0 Å². The molecule has 0 spiro atoms. The number of hydrogen-bond donors (Lipinski definition) is 1. The van der Waals surface area contributed by atoms with E-state index in [1.165, 1.54) is 19.2 Å². The Hall–Kier alpha value is -1.42. The Morgan fingerprint density at radius 2 is 2.07 bits per heavy atom. The molecule has 1 N–H and O–H groups in total. The van der Waals surface area contributed by atoms with E-state index in [2.05, 4.69) is 10.3 Å². The molecule has 0 radical (unpaired) electrons. The van der Waals surface area contributed by atoms with E-state index in [-0.39, 0.29) is 11.7 Å². The topological polar surface area (TPSA) is 38.3 Å². The van der Waals surface area contributed by atoms with Gasteiger partial charge in [0.05, 0.1) is 7.11 Å². The van der Waals surface area contributed by atoms with Crippen LogP contribution in [0.5, 0.6) is 0 Å². The molecular weight excluding hydrogens is 197 g/mol. The number of halogens is 1. The molecule has 0 aliphatic heterocycles. The van der Waals surface area contributed by atoms with Gasteiger partial charge >= 0.3 is 0 Å². The third-order valence-electron chi connectivity index (χ3n) is 2.00. The highest BCUT2D eigenvalue weighted by Gasteiger charge is 2.00. The highest BCUT2D eigenvalue weighted by molar-refractivity contribution is 5.74. The van der Waals surface area contributed by atoms with Crippen molar-refractivity contribution in [1.29, 1.82) is 0 Å². The highest BCUT2D eigenvalue weighted by atomic mass is 19.1. The smallest absolute Gasteiger partial charge is 0.243 e. The van der Waals surface area contributed by atoms with Crippen molar-refractivity contribution in [1.82, 2.24) is 5.48 Å². The lowest BCUT2D eigenvalue weighted by Gasteiger charge is -2.02. The summed E-state index contributed by atoms with van der Waals surface area (Å²) in [6, 6.07) is 6.29. The van der Waals surface area contributed by atoms with Crippen LogP contribution in [0.15, 0.2) is 24.3 Å². The van der Waals surface area contributed by atoms with Gasteiger partial charge in [0.25, 0.3) is 0 Å². The molecule has 1 aromatic carbocycles. The molecular formula is C11H14FNO2. The number of hydroxylamine groups is 1. The summed E-state index contributed by atoms with van der Waals surface area (Å²) in [6.45, 7) is 0. The van der Waals surface area contributed by atoms with Crippen LogP contribution in [0, 0.1) is 5.82 Å². The summed E-state index contributed by atoms with van der Waals surface area (Å²) in [5, 5.41) is 0. The Kier molecular flexibility index (Phi) is 4.77. The number of hydrogen-bond acceptors (Lipinski definition) is 2. The minimum absolute atomic E-state index is 0.139. The first-order valence-electron chi connectivity index (χ1n) is 4.78. The zero-order valence-corrected chi connectivity index (χ0v) is 8.63. The van der Waals surface area contributed by atoms with Gasteiger partial charge < -0.3 is 0 Å². The van der Waals surface area contributed by atoms with Crippen molar-refractivity contribution >= 4 is 5.91 Å². The van der Waals surface area contributed by atoms with Crippen molar-refractivity contribution < 1.29 is 14.0 Å². The Labute approximate surface area is 88.2 Å². The fraction of sp³-hybridized carbons (Fsp3) is 0.364. The van der Waals surface area contributed by atoms with Gasteiger partial charge in [0.15, 0.2) is 0 Å². The van der Waals surface area contributed by atoms with Crippen molar-refractivity contribution in [3.05, 3.63) is 35.6 Å². The van der Waals surface area contributed by atoms with E-state index in [1.54, 1.807) is 12.1 Å². The van der Waals surface area contributed by atoms with Crippen LogP contribution in [0.1, 0.15) is 18.4 Å². The van der Waals surface area contributed by atoms with Crippen LogP contribution in [0.3, 0.4) is 0 Å². The van der Waals surface area contributed by atoms with Crippen molar-refractivity contribution in [3.8, 4) is 0 Å². The molecule has 1 rings (SSSR count). The normalized spacial score (nSPS) is 10.0. The fourth-order valence-electron chi connectivity index (χ4n) is 1.27. The molecule has 0 saturated carbocycles. The lowest BCUT2D eigenvalue weighted by atomic mass is 10.1. The molecule has 0 atom stereocenters. The zero-order valence-electron chi connectivity index (χ0n) is 8.63. The van der Waals surface area contributed by atoms with Crippen LogP contribution >= 0.6 is 0 Å². The Balaban J connectivity index is 2.26. The summed E-state index contributed by atoms with van der Waals surface area (Å²) in [5.41, 5.74) is 3.27. The maximum absolute atomic E-state index is 12.6. The third kappa shape index (κ3) is 4.56. The van der Waals surface area contributed by atoms with Crippen LogP contribution in [-0.2, 0) is 16.1 Å². The second-order valence-corrected chi connectivity index (χ2v) is 3.21. The first-order chi connectivity index (χ1) is 7.22. The molecule has 4 heteroatoms. The van der Waals surface area contributed by atoms with Gasteiger partial charge in [-0.2, -0.15) is 0 Å². The Bertz CT molecular complexity index is 311. The van der Waals surface area contributed by atoms with Gasteiger partial charge in [0.1, 0.15) is 5.82 Å². The lowest BCUT2D eigenvalue weighted by molar-refractivity contribution is -0.131. The SMILES string of the molecule is CONC(=O)CCCc1ccc(F)cc1. The van der Waals surface area contributed by atoms with E-state index in [0.29, 0.717) is 6.42 Å². The van der Waals surface area contributed by atoms with Gasteiger partial charge in [0, 0.05) is 6.42 Å². The van der Waals surface area contributed by atoms with Crippen LogP contribution in [0.25, 0.3) is 0 Å². The van der Waals surface area contributed by atoms with Gasteiger partial charge in [0.2, 0.25) is 5.91 Å². The van der Waals surface area contributed by atoms with E-state index >= 15 is 0 Å². The number of amides is 1. The van der Waals surface area contributed by atoms with Crippen LogP contribution in [0.2, 0.25) is 0 Å². The summed E-state index contributed by atoms with van der Waals surface area (Å²) >= 11 is 0. The molecule has 15 heavy (non-hydrogen) atoms. The summed E-state index contributed by atoms with van der Waals surface area (Å²) in [7, 11) is 1.40. The fourth-order valence-corrected chi connectivity index (χ4v) is 1.27. The second kappa shape index (κ2) is 6.14. The summed E-state index contributed by atoms with van der Waals surface area (Å²) in [6.07, 6.45) is 1.89. The van der Waals surface area contributed by atoms with Crippen LogP contribution < -0.4 is 5.48 Å². The number of rotatable bonds is 5. The molecule has 82 valence electrons. The average molecular weight is 211 g/mol. The first-order valence-corrected chi connectivity index (χ1v) is 4.78. The van der Waals surface area contributed by atoms with Gasteiger partial charge in [-0.3, -0.25) is 9.63 Å². The predicted octanol–water partition coefficient (Wildman–Crippen LogP) is 1.83. The maximum atomic E-state index is 12.6. The Morgan fingerprint density at radius 3 is 2.67 bits per heavy atom. The quantitative estimate of drug-likeness (QED) is 0.754. The molecule has 0 heterocycles. The molecule has 0 aliphatic rings. The van der Waals surface area contributed by atoms with Gasteiger partial charge in [-0.05, 0) is 30.5 Å². The standard InChI is InChI=1S/C11H14FNO2/c1-15-13-11(14)4-2-3-9-5-7-10(12)8-6-9/h5-8H,2-4H2,1H3,(H,13,14). The molecule has 1 amide bonds. The van der Waals surface area contributed by atoms with Crippen LogP contribution in [0.4, 0.5) is 4.39 Å². The van der Waals surface area contributed by atoms with Crippen molar-refractivity contribution in [2.45, 2.75) is 19.3 Å². The molecule has 3 nitrogen and oxygen atoms in total. The van der Waals surface area contributed by atoms with Crippen molar-refractivity contribution in [3.63, 3.8) is 0 Å². The van der Waals surface area contributed by atoms with Crippen molar-refractivity contribution in [2.24, 2.45) is 0 Å². The minimum atomic E-state index is -0.240. The number of aryl methyl sites for hydroxylation is 1. The molecule has 0 aromatic heterocycles. The number of nitrogens with one attached hydrogen (secondary N) is 1. The summed E-state index contributed by atoms with van der Waals surface area (Å²) < 4.78 is 12.6. The lowest BCUT2D eigenvalue weighted by Crippen LogP contribution is -2.21. The zero-order chi connectivity index (χ0) is 11.1. The molecule has 0 unspecified atom stereocenters. The van der Waals surface area contributed by atoms with E-state index in [0.717, 1.165) is 18.4 Å². The van der Waals surface area contributed by atoms with E-state index in [9.17, 15) is 9.18 Å². The summed E-state index contributed by atoms with van der Waals surface area (Å²) in [4.78, 5) is 15.5. The Morgan fingerprint density at radius 1 is 1.40 bits per heavy atom. The summed E-state index contributed by atoms with van der Waals surface area (Å²) in [5.74, 6) is -0.379. The maximum Gasteiger partial charge on any atom is 0.243 e. The monoisotopic (exact) mass is 211 g/mol. The first kappa shape index (κ1) is 11.7. The minimum Gasteiger partial charge on any atom is -0.277 e. The third-order valence-corrected chi connectivity index (χ3v) is 2.00. The van der Waals surface area contributed by atoms with Gasteiger partial charge in [-0.25, -0.2) is 9.87 Å². The van der Waals surface area contributed by atoms with Crippen molar-refractivity contribution in [2.75, 3.05) is 7.11 Å². The van der Waals surface area contributed by atoms with E-state index in [4.69, 9.17) is 0 Å². The molecule has 0 bridgehead atoms. The average Bonchev–Trinajstić information content (AvgIpc) is 2.21. The van der Waals surface area contributed by atoms with Crippen LogP contribution in [-0.4, -0.2) is 13.0 Å². The molecule has 1 aromatic rings. The molecule has 0 aliphatic carbocycles. The number of benzene rings is 1. The molecule has 0 fully saturated rings. The predicted molar refractivity (Wildman–Crippen MR) is 54.5 cm³/mol. The van der Waals surface area contributed by atoms with E-state index in [1.807, 2.05) is 0 Å². The number of carbonyl (C=O) groups excluding carboxylic acids is 1. The largest absolute Gasteiger partial charge is 0.277 e. The number of carbonyl (C=O) groups is 1. The van der Waals surface area contributed by atoms with Gasteiger partial charge in [-0.15, -0.1) is 0 Å². The molecule has 0 saturated heterocycles.